The Morgan fingerprint density at radius 2 is 2.14 bits per heavy atom. The van der Waals surface area contributed by atoms with Crippen LogP contribution in [0.1, 0.15) is 29.8 Å². The summed E-state index contributed by atoms with van der Waals surface area (Å²) >= 11 is 0. The van der Waals surface area contributed by atoms with Gasteiger partial charge in [-0.05, 0) is 31.5 Å². The summed E-state index contributed by atoms with van der Waals surface area (Å²) in [5, 5.41) is 6.96. The van der Waals surface area contributed by atoms with Gasteiger partial charge in [-0.25, -0.2) is 0 Å². The number of hydrogen-bond acceptors (Lipinski definition) is 4. The lowest BCUT2D eigenvalue weighted by Crippen LogP contribution is -2.22. The fraction of sp³-hybridized carbons (Fsp3) is 0.375. The first-order chi connectivity index (χ1) is 10.7. The van der Waals surface area contributed by atoms with Crippen molar-refractivity contribution in [2.45, 2.75) is 26.9 Å². The third-order valence-electron chi connectivity index (χ3n) is 3.20. The maximum atomic E-state index is 12.1. The molecular weight excluding hydrogens is 282 g/mol. The minimum absolute atomic E-state index is 0.146. The van der Waals surface area contributed by atoms with Crippen LogP contribution >= 0.6 is 0 Å². The van der Waals surface area contributed by atoms with E-state index < -0.39 is 0 Å². The van der Waals surface area contributed by atoms with E-state index in [-0.39, 0.29) is 5.91 Å². The molecule has 0 spiro atoms. The third-order valence-corrected chi connectivity index (χ3v) is 3.20. The molecule has 0 bridgehead atoms. The molecule has 0 aliphatic carbocycles. The molecule has 6 heteroatoms. The first-order valence-electron chi connectivity index (χ1n) is 7.28. The van der Waals surface area contributed by atoms with Gasteiger partial charge in [0.2, 0.25) is 0 Å². The number of rotatable bonds is 7. The van der Waals surface area contributed by atoms with Crippen molar-refractivity contribution in [3.8, 4) is 11.5 Å². The van der Waals surface area contributed by atoms with Gasteiger partial charge in [0, 0.05) is 19.3 Å². The highest BCUT2D eigenvalue weighted by Crippen LogP contribution is 2.27. The van der Waals surface area contributed by atoms with Crippen LogP contribution in [0.25, 0.3) is 0 Å². The molecule has 1 aromatic carbocycles. The number of nitrogens with zero attached hydrogens (tertiary/aromatic N) is 2. The number of amides is 1. The number of carbonyl (C=O) groups excluding carboxylic acids is 1. The van der Waals surface area contributed by atoms with Crippen LogP contribution in [0.5, 0.6) is 11.5 Å². The second-order valence-corrected chi connectivity index (χ2v) is 4.69. The minimum atomic E-state index is -0.146. The van der Waals surface area contributed by atoms with E-state index in [9.17, 15) is 4.79 Å². The van der Waals surface area contributed by atoms with Gasteiger partial charge >= 0.3 is 0 Å². The van der Waals surface area contributed by atoms with Crippen molar-refractivity contribution in [2.75, 3.05) is 13.7 Å². The standard InChI is InChI=1S/C16H21N3O3/c1-4-19-11-13(10-18-19)16(20)17-9-12-6-7-14(22-5-2)15(8-12)21-3/h6-8,10-11H,4-5,9H2,1-3H3,(H,17,20). The van der Waals surface area contributed by atoms with Crippen molar-refractivity contribution in [3.05, 3.63) is 41.7 Å². The molecule has 2 rings (SSSR count). The van der Waals surface area contributed by atoms with Crippen LogP contribution in [0.3, 0.4) is 0 Å². The highest BCUT2D eigenvalue weighted by Gasteiger charge is 2.09. The molecule has 2 aromatic rings. The number of methoxy groups -OCH3 is 1. The molecule has 1 aromatic heterocycles. The van der Waals surface area contributed by atoms with Crippen molar-refractivity contribution in [1.82, 2.24) is 15.1 Å². The number of carbonyl (C=O) groups is 1. The van der Waals surface area contributed by atoms with Gasteiger partial charge in [-0.1, -0.05) is 6.07 Å². The largest absolute Gasteiger partial charge is 0.493 e. The van der Waals surface area contributed by atoms with E-state index in [0.717, 1.165) is 12.1 Å². The first-order valence-corrected chi connectivity index (χ1v) is 7.28. The number of ether oxygens (including phenoxy) is 2. The Morgan fingerprint density at radius 3 is 2.77 bits per heavy atom. The van der Waals surface area contributed by atoms with Gasteiger partial charge in [-0.2, -0.15) is 5.10 Å². The maximum absolute atomic E-state index is 12.1. The maximum Gasteiger partial charge on any atom is 0.254 e. The SMILES string of the molecule is CCOc1ccc(CNC(=O)c2cnn(CC)c2)cc1OC. The fourth-order valence-electron chi connectivity index (χ4n) is 2.03. The molecule has 0 saturated heterocycles. The number of aryl methyl sites for hydroxylation is 1. The van der Waals surface area contributed by atoms with Gasteiger partial charge in [0.05, 0.1) is 25.5 Å². The van der Waals surface area contributed by atoms with E-state index in [1.807, 2.05) is 32.0 Å². The predicted octanol–water partition coefficient (Wildman–Crippen LogP) is 2.24. The van der Waals surface area contributed by atoms with Crippen LogP contribution < -0.4 is 14.8 Å². The molecule has 6 nitrogen and oxygen atoms in total. The van der Waals surface area contributed by atoms with Gasteiger partial charge in [0.1, 0.15) is 0 Å². The summed E-state index contributed by atoms with van der Waals surface area (Å²) in [7, 11) is 1.60. The quantitative estimate of drug-likeness (QED) is 0.852. The molecule has 0 unspecified atom stereocenters. The summed E-state index contributed by atoms with van der Waals surface area (Å²) < 4.78 is 12.5. The number of aromatic nitrogens is 2. The van der Waals surface area contributed by atoms with Crippen LogP contribution in [0, 0.1) is 0 Å². The Balaban J connectivity index is 2.00. The average Bonchev–Trinajstić information content (AvgIpc) is 3.03. The van der Waals surface area contributed by atoms with E-state index in [1.165, 1.54) is 0 Å². The summed E-state index contributed by atoms with van der Waals surface area (Å²) in [6.07, 6.45) is 3.30. The van der Waals surface area contributed by atoms with Gasteiger partial charge in [0.15, 0.2) is 11.5 Å². The second kappa shape index (κ2) is 7.49. The average molecular weight is 303 g/mol. The molecule has 0 atom stereocenters. The smallest absolute Gasteiger partial charge is 0.254 e. The monoisotopic (exact) mass is 303 g/mol. The molecule has 0 aliphatic rings. The van der Waals surface area contributed by atoms with Crippen molar-refractivity contribution >= 4 is 5.91 Å². The van der Waals surface area contributed by atoms with Gasteiger partial charge in [-0.15, -0.1) is 0 Å². The van der Waals surface area contributed by atoms with Crippen LogP contribution in [-0.2, 0) is 13.1 Å². The topological polar surface area (TPSA) is 65.4 Å². The van der Waals surface area contributed by atoms with Crippen LogP contribution in [0.4, 0.5) is 0 Å². The molecular formula is C16H21N3O3. The number of benzene rings is 1. The third kappa shape index (κ3) is 3.78. The fourth-order valence-corrected chi connectivity index (χ4v) is 2.03. The van der Waals surface area contributed by atoms with E-state index in [1.54, 1.807) is 24.2 Å². The van der Waals surface area contributed by atoms with Crippen LogP contribution in [0.2, 0.25) is 0 Å². The zero-order chi connectivity index (χ0) is 15.9. The lowest BCUT2D eigenvalue weighted by Gasteiger charge is -2.11. The van der Waals surface area contributed by atoms with Crippen LogP contribution in [-0.4, -0.2) is 29.4 Å². The minimum Gasteiger partial charge on any atom is -0.493 e. The van der Waals surface area contributed by atoms with E-state index in [0.29, 0.717) is 30.2 Å². The van der Waals surface area contributed by atoms with Crippen molar-refractivity contribution in [1.29, 1.82) is 0 Å². The molecule has 118 valence electrons. The molecule has 0 fully saturated rings. The normalized spacial score (nSPS) is 10.3. The van der Waals surface area contributed by atoms with Gasteiger partial charge < -0.3 is 14.8 Å². The Labute approximate surface area is 130 Å². The Morgan fingerprint density at radius 1 is 1.32 bits per heavy atom. The highest BCUT2D eigenvalue weighted by molar-refractivity contribution is 5.93. The lowest BCUT2D eigenvalue weighted by atomic mass is 10.2. The van der Waals surface area contributed by atoms with Crippen LogP contribution in [0.15, 0.2) is 30.6 Å². The Bertz CT molecular complexity index is 637. The number of hydrogen-bond donors (Lipinski definition) is 1. The molecule has 0 saturated carbocycles. The van der Waals surface area contributed by atoms with E-state index >= 15 is 0 Å². The zero-order valence-corrected chi connectivity index (χ0v) is 13.1. The Kier molecular flexibility index (Phi) is 5.41. The molecule has 1 heterocycles. The van der Waals surface area contributed by atoms with E-state index in [4.69, 9.17) is 9.47 Å². The molecule has 1 N–H and O–H groups in total. The highest BCUT2D eigenvalue weighted by atomic mass is 16.5. The second-order valence-electron chi connectivity index (χ2n) is 4.69. The summed E-state index contributed by atoms with van der Waals surface area (Å²) in [5.41, 5.74) is 1.50. The summed E-state index contributed by atoms with van der Waals surface area (Å²) in [6, 6.07) is 5.61. The van der Waals surface area contributed by atoms with Crippen molar-refractivity contribution < 1.29 is 14.3 Å². The molecule has 22 heavy (non-hydrogen) atoms. The predicted molar refractivity (Wildman–Crippen MR) is 83.2 cm³/mol. The van der Waals surface area contributed by atoms with Gasteiger partial charge in [-0.3, -0.25) is 9.48 Å². The molecule has 1 amide bonds. The summed E-state index contributed by atoms with van der Waals surface area (Å²) in [5.74, 6) is 1.21. The van der Waals surface area contributed by atoms with Crippen molar-refractivity contribution in [3.63, 3.8) is 0 Å². The van der Waals surface area contributed by atoms with E-state index in [2.05, 4.69) is 10.4 Å². The lowest BCUT2D eigenvalue weighted by molar-refractivity contribution is 0.0951. The zero-order valence-electron chi connectivity index (χ0n) is 13.1. The number of nitrogens with one attached hydrogen (secondary N) is 1. The first kappa shape index (κ1) is 15.9. The molecule has 0 aliphatic heterocycles. The van der Waals surface area contributed by atoms with Gasteiger partial charge in [0.25, 0.3) is 5.91 Å². The summed E-state index contributed by atoms with van der Waals surface area (Å²) in [6.45, 7) is 5.63. The van der Waals surface area contributed by atoms with Crippen molar-refractivity contribution in [2.24, 2.45) is 0 Å². The summed E-state index contributed by atoms with van der Waals surface area (Å²) in [4.78, 5) is 12.1. The Hall–Kier alpha value is -2.50. The molecule has 0 radical (unpaired) electrons.